The van der Waals surface area contributed by atoms with Crippen LogP contribution in [0.15, 0.2) is 40.9 Å². The van der Waals surface area contributed by atoms with Crippen LogP contribution in [0.3, 0.4) is 0 Å². The number of halogens is 1. The molecule has 0 radical (unpaired) electrons. The van der Waals surface area contributed by atoms with Crippen molar-refractivity contribution in [2.75, 3.05) is 6.61 Å². The Morgan fingerprint density at radius 1 is 1.11 bits per heavy atom. The van der Waals surface area contributed by atoms with Crippen LogP contribution in [-0.4, -0.2) is 41.1 Å². The van der Waals surface area contributed by atoms with Crippen molar-refractivity contribution in [2.45, 2.75) is 19.4 Å². The van der Waals surface area contributed by atoms with Crippen molar-refractivity contribution >= 4 is 39.5 Å². The van der Waals surface area contributed by atoms with Crippen molar-refractivity contribution in [2.24, 2.45) is 23.7 Å². The van der Waals surface area contributed by atoms with E-state index in [9.17, 15) is 19.2 Å². The van der Waals surface area contributed by atoms with E-state index in [0.29, 0.717) is 5.56 Å². The average Bonchev–Trinajstić information content (AvgIpc) is 3.33. The molecular formula is C20H18BrNO5. The summed E-state index contributed by atoms with van der Waals surface area (Å²) < 4.78 is 5.93. The molecule has 1 heterocycles. The van der Waals surface area contributed by atoms with Crippen molar-refractivity contribution in [3.05, 3.63) is 46.5 Å². The van der Waals surface area contributed by atoms with E-state index in [1.807, 2.05) is 12.2 Å². The summed E-state index contributed by atoms with van der Waals surface area (Å²) in [4.78, 5) is 51.0. The van der Waals surface area contributed by atoms with Gasteiger partial charge in [-0.05, 0) is 37.3 Å². The molecule has 1 aromatic rings. The number of hydrogen-bond donors (Lipinski definition) is 0. The van der Waals surface area contributed by atoms with Gasteiger partial charge >= 0.3 is 5.97 Å². The first-order chi connectivity index (χ1) is 12.9. The lowest BCUT2D eigenvalue weighted by molar-refractivity contribution is -0.157. The number of hydrogen-bond acceptors (Lipinski definition) is 5. The predicted molar refractivity (Wildman–Crippen MR) is 98.5 cm³/mol. The van der Waals surface area contributed by atoms with Crippen LogP contribution in [0.2, 0.25) is 0 Å². The smallest absolute Gasteiger partial charge is 0.329 e. The quantitative estimate of drug-likeness (QED) is 0.309. The summed E-state index contributed by atoms with van der Waals surface area (Å²) >= 11 is 3.29. The maximum atomic E-state index is 12.7. The number of nitrogens with zero attached hydrogens (tertiary/aromatic N) is 1. The number of allylic oxidation sites excluding steroid dienone is 2. The van der Waals surface area contributed by atoms with Crippen LogP contribution in [0.5, 0.6) is 0 Å². The molecule has 0 unspecified atom stereocenters. The van der Waals surface area contributed by atoms with Crippen molar-refractivity contribution in [1.82, 2.24) is 4.90 Å². The van der Waals surface area contributed by atoms with Crippen LogP contribution < -0.4 is 0 Å². The van der Waals surface area contributed by atoms with Gasteiger partial charge in [-0.1, -0.05) is 40.2 Å². The molecule has 2 amide bonds. The van der Waals surface area contributed by atoms with Gasteiger partial charge < -0.3 is 4.74 Å². The summed E-state index contributed by atoms with van der Waals surface area (Å²) in [5.41, 5.74) is 0.421. The van der Waals surface area contributed by atoms with Crippen LogP contribution >= 0.6 is 15.9 Å². The van der Waals surface area contributed by atoms with Gasteiger partial charge in [-0.2, -0.15) is 0 Å². The number of amides is 2. The van der Waals surface area contributed by atoms with E-state index in [1.54, 1.807) is 24.3 Å². The first kappa shape index (κ1) is 18.1. The van der Waals surface area contributed by atoms with Gasteiger partial charge in [-0.25, -0.2) is 4.79 Å². The fourth-order valence-corrected chi connectivity index (χ4v) is 4.65. The van der Waals surface area contributed by atoms with Gasteiger partial charge in [0.05, 0.1) is 11.8 Å². The fourth-order valence-electron chi connectivity index (χ4n) is 4.39. The van der Waals surface area contributed by atoms with Crippen LogP contribution in [0.25, 0.3) is 0 Å². The van der Waals surface area contributed by atoms with E-state index in [-0.39, 0.29) is 41.3 Å². The van der Waals surface area contributed by atoms with E-state index >= 15 is 0 Å². The van der Waals surface area contributed by atoms with Crippen molar-refractivity contribution in [3.8, 4) is 0 Å². The molecule has 1 aromatic carbocycles. The first-order valence-corrected chi connectivity index (χ1v) is 9.68. The molecule has 27 heavy (non-hydrogen) atoms. The lowest BCUT2D eigenvalue weighted by Gasteiger charge is -2.23. The highest BCUT2D eigenvalue weighted by Gasteiger charge is 2.60. The zero-order valence-corrected chi connectivity index (χ0v) is 16.2. The number of carbonyl (C=O) groups excluding carboxylic acids is 4. The highest BCUT2D eigenvalue weighted by atomic mass is 79.9. The molecule has 2 bridgehead atoms. The van der Waals surface area contributed by atoms with E-state index in [2.05, 4.69) is 15.9 Å². The Hall–Kier alpha value is -2.28. The highest BCUT2D eigenvalue weighted by Crippen LogP contribution is 2.52. The number of benzene rings is 1. The number of imide groups is 1. The number of likely N-dealkylation sites (tertiary alicyclic amines) is 1. The van der Waals surface area contributed by atoms with Gasteiger partial charge in [0.15, 0.2) is 12.4 Å². The monoisotopic (exact) mass is 431 g/mol. The average molecular weight is 432 g/mol. The normalized spacial score (nSPS) is 29.2. The molecular weight excluding hydrogens is 414 g/mol. The third-order valence-electron chi connectivity index (χ3n) is 5.74. The lowest BCUT2D eigenvalue weighted by Crippen LogP contribution is -2.45. The zero-order chi connectivity index (χ0) is 19.3. The van der Waals surface area contributed by atoms with Gasteiger partial charge in [0.1, 0.15) is 6.04 Å². The second kappa shape index (κ2) is 6.71. The van der Waals surface area contributed by atoms with Crippen LogP contribution in [0.4, 0.5) is 0 Å². The zero-order valence-electron chi connectivity index (χ0n) is 14.6. The predicted octanol–water partition coefficient (Wildman–Crippen LogP) is 2.37. The Labute approximate surface area is 164 Å². The molecule has 6 nitrogen and oxygen atoms in total. The summed E-state index contributed by atoms with van der Waals surface area (Å²) in [6.07, 6.45) is 4.84. The number of rotatable bonds is 5. The number of carbonyl (C=O) groups is 4. The Morgan fingerprint density at radius 3 is 2.22 bits per heavy atom. The molecule has 5 atom stereocenters. The second-order valence-electron chi connectivity index (χ2n) is 7.26. The highest BCUT2D eigenvalue weighted by molar-refractivity contribution is 9.10. The largest absolute Gasteiger partial charge is 0.456 e. The third kappa shape index (κ3) is 2.94. The molecule has 4 rings (SSSR count). The van der Waals surface area contributed by atoms with Gasteiger partial charge in [0, 0.05) is 10.0 Å². The van der Waals surface area contributed by atoms with Crippen molar-refractivity contribution < 1.29 is 23.9 Å². The van der Waals surface area contributed by atoms with E-state index in [1.165, 1.54) is 6.92 Å². The van der Waals surface area contributed by atoms with Crippen LogP contribution in [0.1, 0.15) is 23.7 Å². The molecule has 140 valence electrons. The summed E-state index contributed by atoms with van der Waals surface area (Å²) in [5, 5.41) is 0. The number of Topliss-reactive ketones (excluding diaryl/α,β-unsaturated/α-hetero) is 1. The fraction of sp³-hybridized carbons (Fsp3) is 0.400. The number of fused-ring (bicyclic) bond motifs is 5. The molecule has 2 fully saturated rings. The van der Waals surface area contributed by atoms with Gasteiger partial charge in [-0.15, -0.1) is 0 Å². The molecule has 1 saturated carbocycles. The van der Waals surface area contributed by atoms with E-state index < -0.39 is 18.6 Å². The Balaban J connectivity index is 1.39. The molecule has 7 heteroatoms. The summed E-state index contributed by atoms with van der Waals surface area (Å²) in [6.45, 7) is 1.04. The molecule has 0 N–H and O–H groups in total. The molecule has 1 saturated heterocycles. The van der Waals surface area contributed by atoms with Crippen LogP contribution in [-0.2, 0) is 19.1 Å². The first-order valence-electron chi connectivity index (χ1n) is 8.89. The third-order valence-corrected chi connectivity index (χ3v) is 6.27. The minimum atomic E-state index is -1.03. The lowest BCUT2D eigenvalue weighted by atomic mass is 9.85. The molecule has 0 spiro atoms. The molecule has 1 aliphatic heterocycles. The van der Waals surface area contributed by atoms with Crippen LogP contribution in [0, 0.1) is 23.7 Å². The summed E-state index contributed by atoms with van der Waals surface area (Å²) in [7, 11) is 0. The second-order valence-corrected chi connectivity index (χ2v) is 8.18. The standard InChI is InChI=1S/C20H18BrNO5/c1-10(20(26)27-9-15(23)11-4-6-14(21)7-5-11)22-18(24)16-12-2-3-13(8-12)17(16)19(22)25/h2-7,10,12-13,16-17H,8-9H2,1H3/t10-,12+,13+,16+,17+/m1/s1. The Morgan fingerprint density at radius 2 is 1.67 bits per heavy atom. The van der Waals surface area contributed by atoms with E-state index in [4.69, 9.17) is 4.74 Å². The SMILES string of the molecule is C[C@H](C(=O)OCC(=O)c1ccc(Br)cc1)N1C(=O)[C@@H]2[C@@H](C1=O)[C@H]1C=C[C@H]2C1. The number of ketones is 1. The van der Waals surface area contributed by atoms with Crippen molar-refractivity contribution in [3.63, 3.8) is 0 Å². The minimum absolute atomic E-state index is 0.0867. The Kier molecular flexibility index (Phi) is 4.50. The minimum Gasteiger partial charge on any atom is -0.456 e. The molecule has 2 aliphatic carbocycles. The molecule has 0 aromatic heterocycles. The maximum Gasteiger partial charge on any atom is 0.329 e. The maximum absolute atomic E-state index is 12.7. The topological polar surface area (TPSA) is 80.8 Å². The van der Waals surface area contributed by atoms with Gasteiger partial charge in [0.2, 0.25) is 11.8 Å². The summed E-state index contributed by atoms with van der Waals surface area (Å²) in [6, 6.07) is 5.66. The number of ether oxygens (including phenoxy) is 1. The van der Waals surface area contributed by atoms with Gasteiger partial charge in [0.25, 0.3) is 0 Å². The van der Waals surface area contributed by atoms with Crippen molar-refractivity contribution in [1.29, 1.82) is 0 Å². The number of esters is 1. The Bertz CT molecular complexity index is 832. The molecule has 3 aliphatic rings. The van der Waals surface area contributed by atoms with Gasteiger partial charge in [-0.3, -0.25) is 19.3 Å². The van der Waals surface area contributed by atoms with E-state index in [0.717, 1.165) is 15.8 Å². The summed E-state index contributed by atoms with van der Waals surface area (Å²) in [5.74, 6) is -2.23.